The Labute approximate surface area is 232 Å². The van der Waals surface area contributed by atoms with Gasteiger partial charge in [-0.15, -0.1) is 0 Å². The Kier molecular flexibility index (Phi) is 16.6. The van der Waals surface area contributed by atoms with Gasteiger partial charge in [-0.1, -0.05) is 21.3 Å². The second-order valence-electron chi connectivity index (χ2n) is 10.2. The molecular weight excluding hydrogens is 536 g/mol. The van der Waals surface area contributed by atoms with E-state index in [9.17, 15) is 13.5 Å². The summed E-state index contributed by atoms with van der Waals surface area (Å²) in [6.07, 6.45) is 10.9. The lowest BCUT2D eigenvalue weighted by Crippen LogP contribution is -2.42. The minimum atomic E-state index is -3.36. The second-order valence-corrected chi connectivity index (χ2v) is 11.9. The monoisotopic (exact) mass is 582 g/mol. The van der Waals surface area contributed by atoms with Crippen LogP contribution in [0.4, 0.5) is 0 Å². The topological polar surface area (TPSA) is 169 Å². The molecule has 4 aliphatic rings. The Morgan fingerprint density at radius 3 is 1.26 bits per heavy atom. The van der Waals surface area contributed by atoms with Crippen molar-refractivity contribution < 1.29 is 55.8 Å². The average Bonchev–Trinajstić information content (AvgIpc) is 3.56. The molecule has 4 fully saturated rings. The molecule has 2 saturated heterocycles. The fraction of sp³-hybridized carbons (Fsp3) is 0.923. The van der Waals surface area contributed by atoms with Crippen molar-refractivity contribution in [3.63, 3.8) is 0 Å². The summed E-state index contributed by atoms with van der Waals surface area (Å²) in [6, 6.07) is 0. The zero-order valence-corrected chi connectivity index (χ0v) is 23.5. The van der Waals surface area contributed by atoms with Crippen LogP contribution >= 0.6 is 0 Å². The van der Waals surface area contributed by atoms with Crippen molar-refractivity contribution >= 4 is 22.4 Å². The number of aliphatic hydroxyl groups excluding tert-OH is 1. The summed E-state index contributed by atoms with van der Waals surface area (Å²) in [4.78, 5) is 32.5. The largest absolute Gasteiger partial charge is 0.396 e. The molecule has 1 N–H and O–H groups in total. The molecule has 4 rings (SSSR count). The zero-order valence-electron chi connectivity index (χ0n) is 22.7. The number of rotatable bonds is 6. The van der Waals surface area contributed by atoms with E-state index >= 15 is 0 Å². The first-order chi connectivity index (χ1) is 18.0. The predicted molar refractivity (Wildman–Crippen MR) is 136 cm³/mol. The molecule has 2 saturated carbocycles. The van der Waals surface area contributed by atoms with Crippen LogP contribution in [0.3, 0.4) is 0 Å². The van der Waals surface area contributed by atoms with E-state index in [-0.39, 0.29) is 43.0 Å². The maximum Gasteiger partial charge on any atom is 0.373 e. The van der Waals surface area contributed by atoms with E-state index in [4.69, 9.17) is 42.3 Å². The maximum absolute atomic E-state index is 11.1. The fourth-order valence-corrected chi connectivity index (χ4v) is 5.81. The first-order valence-electron chi connectivity index (χ1n) is 13.0. The Balaban J connectivity index is 0.000000614. The van der Waals surface area contributed by atoms with Gasteiger partial charge >= 0.3 is 12.3 Å². The third-order valence-corrected chi connectivity index (χ3v) is 8.73. The lowest BCUT2D eigenvalue weighted by Gasteiger charge is -2.42. The summed E-state index contributed by atoms with van der Waals surface area (Å²) >= 11 is 0. The average molecular weight is 583 g/mol. The van der Waals surface area contributed by atoms with Gasteiger partial charge in [0.2, 0.25) is 0 Å². The number of hydrogen-bond acceptors (Lipinski definition) is 12. The normalized spacial score (nSPS) is 25.7. The zero-order chi connectivity index (χ0) is 28.8. The van der Waals surface area contributed by atoms with Crippen molar-refractivity contribution in [2.75, 3.05) is 45.9 Å². The van der Waals surface area contributed by atoms with E-state index in [0.29, 0.717) is 19.8 Å². The highest BCUT2D eigenvalue weighted by molar-refractivity contribution is 7.85. The Bertz CT molecular complexity index is 819. The van der Waals surface area contributed by atoms with Gasteiger partial charge in [-0.25, -0.2) is 0 Å². The van der Waals surface area contributed by atoms with Gasteiger partial charge in [-0.05, 0) is 49.4 Å². The molecule has 0 unspecified atom stereocenters. The second kappa shape index (κ2) is 17.3. The SMILES string of the molecule is C.CCC1(CO)CCC2(CC1)OCCO2.CCC1(COS(C)(=O)=O)CCC2(CC1)OCCO2.O=C=O.O=C=O. The van der Waals surface area contributed by atoms with Crippen LogP contribution in [0, 0.1) is 10.8 Å². The standard InChI is InChI=1S/C12H22O5S.C11H20O3.2CO2.CH4/c1-3-11(10-17-18(2,13)14)4-6-12(7-5-11)15-8-9-16-12;1-2-10(9-12)3-5-11(6-4-10)13-7-8-14-11;2*2-1-3;/h3-10H2,1-2H3;12H,2-9H2,1H3;;;1H4. The molecule has 0 aromatic rings. The molecule has 2 spiro atoms. The highest BCUT2D eigenvalue weighted by atomic mass is 32.2. The Morgan fingerprint density at radius 1 is 0.692 bits per heavy atom. The summed E-state index contributed by atoms with van der Waals surface area (Å²) in [6.45, 7) is 7.62. The van der Waals surface area contributed by atoms with Crippen molar-refractivity contribution in [1.82, 2.24) is 0 Å². The molecule has 0 aromatic carbocycles. The van der Waals surface area contributed by atoms with Crippen LogP contribution in [0.2, 0.25) is 0 Å². The maximum atomic E-state index is 11.1. The van der Waals surface area contributed by atoms with E-state index in [2.05, 4.69) is 13.8 Å². The highest BCUT2D eigenvalue weighted by Gasteiger charge is 2.46. The molecule has 0 amide bonds. The van der Waals surface area contributed by atoms with Crippen LogP contribution < -0.4 is 0 Å². The third-order valence-electron chi connectivity index (χ3n) is 8.19. The summed E-state index contributed by atoms with van der Waals surface area (Å²) < 4.78 is 49.9. The van der Waals surface area contributed by atoms with E-state index in [1.807, 2.05) is 0 Å². The number of ether oxygens (including phenoxy) is 4. The Hall–Kier alpha value is -1.53. The van der Waals surface area contributed by atoms with Gasteiger partial charge in [0.1, 0.15) is 0 Å². The van der Waals surface area contributed by atoms with Crippen LogP contribution in [0.1, 0.15) is 85.5 Å². The molecule has 0 aromatic heterocycles. The number of hydrogen-bond donors (Lipinski definition) is 1. The predicted octanol–water partition coefficient (Wildman–Crippen LogP) is 2.84. The summed E-state index contributed by atoms with van der Waals surface area (Å²) in [7, 11) is -3.36. The van der Waals surface area contributed by atoms with Gasteiger partial charge in [-0.2, -0.15) is 27.6 Å². The molecule has 13 heteroatoms. The molecule has 12 nitrogen and oxygen atoms in total. The van der Waals surface area contributed by atoms with Crippen LogP contribution in [-0.2, 0) is 52.4 Å². The number of aliphatic hydroxyl groups is 1. The molecule has 2 aliphatic carbocycles. The van der Waals surface area contributed by atoms with Gasteiger partial charge in [0.15, 0.2) is 11.6 Å². The molecule has 0 atom stereocenters. The first-order valence-corrected chi connectivity index (χ1v) is 14.8. The van der Waals surface area contributed by atoms with Crippen molar-refractivity contribution in [3.8, 4) is 0 Å². The molecular formula is C26H46O12S. The van der Waals surface area contributed by atoms with Gasteiger partial charge in [0.05, 0.1) is 39.3 Å². The van der Waals surface area contributed by atoms with Crippen LogP contribution in [0.15, 0.2) is 0 Å². The van der Waals surface area contributed by atoms with Crippen LogP contribution in [-0.4, -0.2) is 83.3 Å². The molecule has 0 bridgehead atoms. The minimum Gasteiger partial charge on any atom is -0.396 e. The van der Waals surface area contributed by atoms with E-state index in [0.717, 1.165) is 83.7 Å². The summed E-state index contributed by atoms with van der Waals surface area (Å²) in [5.74, 6) is -0.683. The van der Waals surface area contributed by atoms with Gasteiger partial charge < -0.3 is 24.1 Å². The smallest absolute Gasteiger partial charge is 0.373 e. The van der Waals surface area contributed by atoms with Crippen molar-refractivity contribution in [2.45, 2.75) is 97.1 Å². The van der Waals surface area contributed by atoms with E-state index in [1.165, 1.54) is 0 Å². The molecule has 2 aliphatic heterocycles. The lowest BCUT2D eigenvalue weighted by molar-refractivity contribution is -0.195. The van der Waals surface area contributed by atoms with Crippen LogP contribution in [0.25, 0.3) is 0 Å². The van der Waals surface area contributed by atoms with E-state index < -0.39 is 15.9 Å². The van der Waals surface area contributed by atoms with Gasteiger partial charge in [0, 0.05) is 32.3 Å². The van der Waals surface area contributed by atoms with E-state index in [1.54, 1.807) is 0 Å². The summed E-state index contributed by atoms with van der Waals surface area (Å²) in [5.41, 5.74) is 0.0875. The lowest BCUT2D eigenvalue weighted by atomic mass is 9.71. The van der Waals surface area contributed by atoms with Gasteiger partial charge in [-0.3, -0.25) is 4.18 Å². The van der Waals surface area contributed by atoms with Crippen molar-refractivity contribution in [1.29, 1.82) is 0 Å². The van der Waals surface area contributed by atoms with Crippen molar-refractivity contribution in [2.24, 2.45) is 10.8 Å². The summed E-state index contributed by atoms with van der Waals surface area (Å²) in [5, 5.41) is 9.39. The molecule has 39 heavy (non-hydrogen) atoms. The van der Waals surface area contributed by atoms with Gasteiger partial charge in [0.25, 0.3) is 10.1 Å². The number of carbonyl (C=O) groups excluding carboxylic acids is 4. The fourth-order valence-electron chi connectivity index (χ4n) is 5.35. The van der Waals surface area contributed by atoms with Crippen LogP contribution in [0.5, 0.6) is 0 Å². The third kappa shape index (κ3) is 11.9. The highest BCUT2D eigenvalue weighted by Crippen LogP contribution is 2.47. The quantitative estimate of drug-likeness (QED) is 0.455. The molecule has 0 radical (unpaired) electrons. The van der Waals surface area contributed by atoms with Crippen molar-refractivity contribution in [3.05, 3.63) is 0 Å². The molecule has 2 heterocycles. The first kappa shape index (κ1) is 37.5. The Morgan fingerprint density at radius 2 is 1.00 bits per heavy atom. The minimum absolute atomic E-state index is 0. The molecule has 228 valence electrons.